The van der Waals surface area contributed by atoms with Crippen LogP contribution in [0.3, 0.4) is 0 Å². The second-order valence-electron chi connectivity index (χ2n) is 21.0. The summed E-state index contributed by atoms with van der Waals surface area (Å²) in [6, 6.07) is 26.8. The number of fused-ring (bicyclic) bond motifs is 1. The van der Waals surface area contributed by atoms with Gasteiger partial charge in [-0.3, -0.25) is 24.2 Å². The lowest BCUT2D eigenvalue weighted by Gasteiger charge is -2.26. The molecule has 4 aromatic carbocycles. The number of carbonyl (C=O) groups is 6. The van der Waals surface area contributed by atoms with Gasteiger partial charge in [-0.05, 0) is 156 Å². The van der Waals surface area contributed by atoms with Crippen molar-refractivity contribution in [1.29, 1.82) is 0 Å². The number of hydrogen-bond donors (Lipinski definition) is 1. The second-order valence-corrected chi connectivity index (χ2v) is 22.2. The number of ether oxygens (including phenoxy) is 8. The number of carbonyl (C=O) groups excluding carboxylic acids is 6. The van der Waals surface area contributed by atoms with Crippen LogP contribution in [0.4, 0.5) is 5.69 Å². The molecule has 3 aliphatic rings. The number of hydrazone groups is 1. The highest BCUT2D eigenvalue weighted by Crippen LogP contribution is 2.40. The highest BCUT2D eigenvalue weighted by atomic mass is 32.2. The molecule has 0 saturated heterocycles. The molecular weight excluding hydrogens is 1080 g/mol. The Kier molecular flexibility index (Phi) is 25.9. The molecule has 17 nitrogen and oxygen atoms in total. The van der Waals surface area contributed by atoms with Crippen molar-refractivity contribution in [2.45, 2.75) is 139 Å². The summed E-state index contributed by atoms with van der Waals surface area (Å²) in [6.07, 6.45) is 19.4. The lowest BCUT2D eigenvalue weighted by atomic mass is 9.82. The third-order valence-corrected chi connectivity index (χ3v) is 16.1. The topological polar surface area (TPSA) is 204 Å². The molecular formula is C65H79N3O14S. The molecule has 444 valence electrons. The van der Waals surface area contributed by atoms with Crippen LogP contribution >= 0.6 is 11.8 Å². The minimum absolute atomic E-state index is 0.200. The minimum atomic E-state index is -0.447. The lowest BCUT2D eigenvalue weighted by molar-refractivity contribution is -0.145. The molecule has 18 heteroatoms. The fraction of sp³-hybridized carbons (Fsp3) is 0.462. The number of unbranched alkanes of at least 4 members (excludes halogenated alkanes) is 10. The van der Waals surface area contributed by atoms with Gasteiger partial charge in [0.15, 0.2) is 5.50 Å². The van der Waals surface area contributed by atoms with Crippen molar-refractivity contribution in [3.63, 3.8) is 0 Å². The van der Waals surface area contributed by atoms with Gasteiger partial charge in [-0.2, -0.15) is 5.10 Å². The van der Waals surface area contributed by atoms with Crippen LogP contribution in [-0.2, 0) is 38.2 Å². The van der Waals surface area contributed by atoms with Crippen molar-refractivity contribution in [3.8, 4) is 34.5 Å². The maximum Gasteiger partial charge on any atom is 0.330 e. The zero-order chi connectivity index (χ0) is 58.6. The third kappa shape index (κ3) is 21.3. The van der Waals surface area contributed by atoms with Crippen molar-refractivity contribution < 1.29 is 66.7 Å². The van der Waals surface area contributed by atoms with Gasteiger partial charge < -0.3 is 43.2 Å². The van der Waals surface area contributed by atoms with Crippen LogP contribution in [-0.4, -0.2) is 86.0 Å². The number of thioether (sulfide) groups is 1. The fourth-order valence-electron chi connectivity index (χ4n) is 9.93. The molecule has 2 saturated carbocycles. The first-order valence-corrected chi connectivity index (χ1v) is 30.2. The summed E-state index contributed by atoms with van der Waals surface area (Å²) < 4.78 is 45.3. The summed E-state index contributed by atoms with van der Waals surface area (Å²) in [5.41, 5.74) is 1.23. The fourth-order valence-corrected chi connectivity index (χ4v) is 11.0. The number of nitrogens with one attached hydrogen (secondary N) is 1. The molecule has 0 radical (unpaired) electrons. The molecule has 1 N–H and O–H groups in total. The van der Waals surface area contributed by atoms with Crippen molar-refractivity contribution in [1.82, 2.24) is 5.01 Å². The van der Waals surface area contributed by atoms with E-state index in [1.807, 2.05) is 31.3 Å². The van der Waals surface area contributed by atoms with Crippen LogP contribution < -0.4 is 33.7 Å². The summed E-state index contributed by atoms with van der Waals surface area (Å²) in [4.78, 5) is 77.2. The molecule has 2 aliphatic carbocycles. The third-order valence-electron chi connectivity index (χ3n) is 14.8. The number of anilines is 1. The van der Waals surface area contributed by atoms with E-state index in [0.717, 1.165) is 87.6 Å². The van der Waals surface area contributed by atoms with E-state index in [2.05, 4.69) is 18.5 Å². The summed E-state index contributed by atoms with van der Waals surface area (Å²) in [6.45, 7) is 8.78. The Morgan fingerprint density at radius 2 is 0.892 bits per heavy atom. The Balaban J connectivity index is 0.834. The molecule has 83 heavy (non-hydrogen) atoms. The van der Waals surface area contributed by atoms with Gasteiger partial charge in [-0.25, -0.2) is 9.59 Å². The molecule has 1 unspecified atom stereocenters. The van der Waals surface area contributed by atoms with Gasteiger partial charge in [0.05, 0.1) is 62.0 Å². The SMILES string of the molecule is C=CC(=O)OCCCCCCCCOc1ccc(OC(=O)[C@H]2CC[C@H](C(=O)Oc3ccc(OC(=O)[C@H]4CC[C@H](C(=O)Oc5ccc(OCCCCCCCCOC(=O)C=C)cc5)CC4)c(/C=N/N(C)C4Nc5ccccc5S4)c3)CC2)cc1. The molecule has 0 aromatic heterocycles. The van der Waals surface area contributed by atoms with E-state index in [0.29, 0.717) is 106 Å². The summed E-state index contributed by atoms with van der Waals surface area (Å²) in [7, 11) is 1.84. The van der Waals surface area contributed by atoms with E-state index in [1.54, 1.807) is 89.7 Å². The second kappa shape index (κ2) is 34.1. The average Bonchev–Trinajstić information content (AvgIpc) is 4.00. The monoisotopic (exact) mass is 1160 g/mol. The maximum absolute atomic E-state index is 13.8. The zero-order valence-corrected chi connectivity index (χ0v) is 48.5. The Morgan fingerprint density at radius 3 is 1.34 bits per heavy atom. The van der Waals surface area contributed by atoms with Gasteiger partial charge in [0, 0.05) is 29.7 Å². The van der Waals surface area contributed by atoms with Crippen molar-refractivity contribution >= 4 is 59.5 Å². The van der Waals surface area contributed by atoms with E-state index in [-0.39, 0.29) is 52.7 Å². The molecule has 0 spiro atoms. The van der Waals surface area contributed by atoms with E-state index in [9.17, 15) is 28.8 Å². The predicted octanol–water partition coefficient (Wildman–Crippen LogP) is 13.0. The summed E-state index contributed by atoms with van der Waals surface area (Å²) in [5, 5.41) is 9.93. The Morgan fingerprint density at radius 1 is 0.506 bits per heavy atom. The number of para-hydroxylation sites is 1. The first-order valence-electron chi connectivity index (χ1n) is 29.3. The van der Waals surface area contributed by atoms with Crippen molar-refractivity contribution in [2.24, 2.45) is 28.8 Å². The van der Waals surface area contributed by atoms with Crippen LogP contribution in [0.2, 0.25) is 0 Å². The van der Waals surface area contributed by atoms with Crippen LogP contribution in [0, 0.1) is 23.7 Å². The number of nitrogens with zero attached hydrogens (tertiary/aromatic N) is 2. The van der Waals surface area contributed by atoms with Crippen molar-refractivity contribution in [2.75, 3.05) is 38.8 Å². The highest BCUT2D eigenvalue weighted by molar-refractivity contribution is 8.00. The molecule has 1 heterocycles. The standard InChI is InChI=1S/C65H79N3O14S/c1-4-59(69)77-42-18-12-8-6-10-16-40-75-51-30-34-53(35-31-51)79-61(71)46-22-24-48(25-23-46)63(73)81-55-38-39-57(50(44-55)45-66-68(3)65-67-56-20-14-15-21-58(56)83-65)82-64(74)49-28-26-47(27-29-49)62(72)80-54-36-32-52(33-37-54)76-41-17-11-7-9-13-19-43-78-60(70)5-2/h4-5,14-15,20-21,30-39,44-49,65,67H,1-2,6-13,16-19,22-29,40-43H2,3H3/b66-45+/t46-,47-,48-,49-,65?. The Labute approximate surface area is 491 Å². The van der Waals surface area contributed by atoms with Gasteiger partial charge in [0.1, 0.15) is 34.5 Å². The molecule has 2 fully saturated rings. The number of esters is 6. The molecule has 0 bridgehead atoms. The van der Waals surface area contributed by atoms with Crippen molar-refractivity contribution in [3.05, 3.63) is 122 Å². The Hall–Kier alpha value is -7.60. The van der Waals surface area contributed by atoms with E-state index < -0.39 is 23.8 Å². The van der Waals surface area contributed by atoms with Gasteiger partial charge in [-0.1, -0.05) is 88.4 Å². The summed E-state index contributed by atoms with van der Waals surface area (Å²) in [5.74, 6) is -1.16. The number of hydrogen-bond acceptors (Lipinski definition) is 18. The van der Waals surface area contributed by atoms with E-state index in [1.165, 1.54) is 12.2 Å². The van der Waals surface area contributed by atoms with Crippen LogP contribution in [0.5, 0.6) is 34.5 Å². The zero-order valence-electron chi connectivity index (χ0n) is 47.7. The number of benzene rings is 4. The van der Waals surface area contributed by atoms with Crippen LogP contribution in [0.1, 0.15) is 134 Å². The molecule has 7 rings (SSSR count). The predicted molar refractivity (Wildman–Crippen MR) is 317 cm³/mol. The summed E-state index contributed by atoms with van der Waals surface area (Å²) >= 11 is 1.62. The maximum atomic E-state index is 13.8. The largest absolute Gasteiger partial charge is 0.494 e. The average molecular weight is 1160 g/mol. The van der Waals surface area contributed by atoms with Gasteiger partial charge in [0.2, 0.25) is 0 Å². The smallest absolute Gasteiger partial charge is 0.330 e. The van der Waals surface area contributed by atoms with Crippen LogP contribution in [0.15, 0.2) is 126 Å². The van der Waals surface area contributed by atoms with Gasteiger partial charge in [0.25, 0.3) is 0 Å². The van der Waals surface area contributed by atoms with Crippen LogP contribution in [0.25, 0.3) is 0 Å². The van der Waals surface area contributed by atoms with Gasteiger partial charge >= 0.3 is 35.8 Å². The van der Waals surface area contributed by atoms with E-state index >= 15 is 0 Å². The quantitative estimate of drug-likeness (QED) is 0.0118. The first-order chi connectivity index (χ1) is 40.4. The molecule has 0 amide bonds. The highest BCUT2D eigenvalue weighted by Gasteiger charge is 2.34. The van der Waals surface area contributed by atoms with E-state index in [4.69, 9.17) is 43.0 Å². The Bertz CT molecular complexity index is 2760. The molecule has 4 aromatic rings. The molecule has 1 atom stereocenters. The van der Waals surface area contributed by atoms with Gasteiger partial charge in [-0.15, -0.1) is 0 Å². The first kappa shape index (κ1) is 63.0. The lowest BCUT2D eigenvalue weighted by Crippen LogP contribution is -2.31. The number of rotatable bonds is 33. The minimum Gasteiger partial charge on any atom is -0.494 e. The normalized spacial score (nSPS) is 18.1. The molecule has 1 aliphatic heterocycles.